The SMILES string of the molecule is CC(C)CCc1ccc(-c2cc(C(=O)O)cc(-c3ccc(Cl)cc3)n2)cc1. The topological polar surface area (TPSA) is 50.2 Å². The van der Waals surface area contributed by atoms with Gasteiger partial charge in [-0.1, -0.05) is 61.8 Å². The minimum atomic E-state index is -0.970. The van der Waals surface area contributed by atoms with Gasteiger partial charge < -0.3 is 5.11 Å². The van der Waals surface area contributed by atoms with Gasteiger partial charge in [-0.3, -0.25) is 0 Å². The molecule has 2 aromatic carbocycles. The average Bonchev–Trinajstić information content (AvgIpc) is 2.67. The molecule has 1 aromatic heterocycles. The fourth-order valence-corrected chi connectivity index (χ4v) is 2.99. The van der Waals surface area contributed by atoms with Gasteiger partial charge in [0.05, 0.1) is 17.0 Å². The molecule has 0 spiro atoms. The Morgan fingerprint density at radius 2 is 1.48 bits per heavy atom. The smallest absolute Gasteiger partial charge is 0.335 e. The van der Waals surface area contributed by atoms with E-state index in [0.717, 1.165) is 24.0 Å². The lowest BCUT2D eigenvalue weighted by molar-refractivity contribution is 0.0697. The lowest BCUT2D eigenvalue weighted by atomic mass is 10.00. The van der Waals surface area contributed by atoms with Crippen LogP contribution in [-0.2, 0) is 6.42 Å². The molecule has 0 atom stereocenters. The summed E-state index contributed by atoms with van der Waals surface area (Å²) in [6.45, 7) is 4.43. The van der Waals surface area contributed by atoms with E-state index in [2.05, 4.69) is 31.0 Å². The number of hydrogen-bond acceptors (Lipinski definition) is 2. The Morgan fingerprint density at radius 1 is 0.963 bits per heavy atom. The molecule has 0 amide bonds. The van der Waals surface area contributed by atoms with Crippen LogP contribution in [-0.4, -0.2) is 16.1 Å². The maximum absolute atomic E-state index is 11.6. The predicted molar refractivity (Wildman–Crippen MR) is 110 cm³/mol. The van der Waals surface area contributed by atoms with Gasteiger partial charge >= 0.3 is 5.97 Å². The zero-order valence-electron chi connectivity index (χ0n) is 15.4. The monoisotopic (exact) mass is 379 g/mol. The number of aromatic carboxylic acids is 1. The normalized spacial score (nSPS) is 11.0. The molecule has 4 heteroatoms. The molecule has 3 rings (SSSR count). The van der Waals surface area contributed by atoms with Crippen LogP contribution in [0.15, 0.2) is 60.7 Å². The molecular weight excluding hydrogens is 358 g/mol. The number of nitrogens with zero attached hydrogens (tertiary/aromatic N) is 1. The van der Waals surface area contributed by atoms with Crippen molar-refractivity contribution in [2.45, 2.75) is 26.7 Å². The standard InChI is InChI=1S/C23H22ClNO2/c1-15(2)3-4-16-5-7-17(8-6-16)21-13-19(23(26)27)14-22(25-21)18-9-11-20(24)12-10-18/h5-15H,3-4H2,1-2H3,(H,26,27). The summed E-state index contributed by atoms with van der Waals surface area (Å²) in [5.74, 6) is -0.303. The first kappa shape index (κ1) is 19.1. The molecule has 0 aliphatic rings. The quantitative estimate of drug-likeness (QED) is 0.542. The molecule has 0 aliphatic heterocycles. The Kier molecular flexibility index (Phi) is 5.92. The third kappa shape index (κ3) is 4.95. The highest BCUT2D eigenvalue weighted by Gasteiger charge is 2.11. The summed E-state index contributed by atoms with van der Waals surface area (Å²) in [7, 11) is 0. The van der Waals surface area contributed by atoms with Gasteiger partial charge in [0, 0.05) is 16.1 Å². The van der Waals surface area contributed by atoms with Crippen molar-refractivity contribution in [3.05, 3.63) is 76.8 Å². The van der Waals surface area contributed by atoms with Gasteiger partial charge in [-0.25, -0.2) is 9.78 Å². The number of pyridine rings is 1. The minimum absolute atomic E-state index is 0.217. The van der Waals surface area contributed by atoms with Gasteiger partial charge in [-0.2, -0.15) is 0 Å². The minimum Gasteiger partial charge on any atom is -0.478 e. The van der Waals surface area contributed by atoms with Gasteiger partial charge in [0.2, 0.25) is 0 Å². The summed E-state index contributed by atoms with van der Waals surface area (Å²) in [5, 5.41) is 10.1. The van der Waals surface area contributed by atoms with Gasteiger partial charge in [-0.15, -0.1) is 0 Å². The number of aromatic nitrogens is 1. The van der Waals surface area contributed by atoms with Gasteiger partial charge in [-0.05, 0) is 48.6 Å². The highest BCUT2D eigenvalue weighted by Crippen LogP contribution is 2.26. The van der Waals surface area contributed by atoms with Crippen molar-refractivity contribution in [3.8, 4) is 22.5 Å². The maximum Gasteiger partial charge on any atom is 0.335 e. The summed E-state index contributed by atoms with van der Waals surface area (Å²) in [5.41, 5.74) is 4.49. The molecule has 0 saturated heterocycles. The molecule has 1 heterocycles. The molecule has 27 heavy (non-hydrogen) atoms. The molecule has 0 saturated carbocycles. The van der Waals surface area contributed by atoms with Crippen molar-refractivity contribution in [2.75, 3.05) is 0 Å². The summed E-state index contributed by atoms with van der Waals surface area (Å²) in [6.07, 6.45) is 2.18. The van der Waals surface area contributed by atoms with E-state index in [1.54, 1.807) is 24.3 Å². The van der Waals surface area contributed by atoms with Crippen LogP contribution in [0, 0.1) is 5.92 Å². The van der Waals surface area contributed by atoms with Crippen molar-refractivity contribution in [1.29, 1.82) is 0 Å². The zero-order valence-corrected chi connectivity index (χ0v) is 16.2. The highest BCUT2D eigenvalue weighted by atomic mass is 35.5. The number of carboxylic acid groups (broad SMARTS) is 1. The number of carboxylic acids is 1. The third-order valence-corrected chi connectivity index (χ3v) is 4.72. The lowest BCUT2D eigenvalue weighted by Crippen LogP contribution is -2.00. The fourth-order valence-electron chi connectivity index (χ4n) is 2.87. The van der Waals surface area contributed by atoms with E-state index in [-0.39, 0.29) is 5.56 Å². The molecule has 3 aromatic rings. The predicted octanol–water partition coefficient (Wildman–Crippen LogP) is 6.36. The van der Waals surface area contributed by atoms with Crippen LogP contribution in [0.3, 0.4) is 0 Å². The first-order valence-corrected chi connectivity index (χ1v) is 9.41. The van der Waals surface area contributed by atoms with Crippen LogP contribution in [0.5, 0.6) is 0 Å². The number of hydrogen-bond donors (Lipinski definition) is 1. The van der Waals surface area contributed by atoms with Crippen LogP contribution in [0.2, 0.25) is 5.02 Å². The molecule has 0 unspecified atom stereocenters. The summed E-state index contributed by atoms with van der Waals surface area (Å²) >= 11 is 5.95. The summed E-state index contributed by atoms with van der Waals surface area (Å²) < 4.78 is 0. The van der Waals surface area contributed by atoms with E-state index in [1.165, 1.54) is 5.56 Å². The molecule has 0 radical (unpaired) electrons. The number of aryl methyl sites for hydroxylation is 1. The van der Waals surface area contributed by atoms with E-state index in [0.29, 0.717) is 22.3 Å². The van der Waals surface area contributed by atoms with Crippen LogP contribution >= 0.6 is 11.6 Å². The number of rotatable bonds is 6. The van der Waals surface area contributed by atoms with Crippen LogP contribution < -0.4 is 0 Å². The fraction of sp³-hybridized carbons (Fsp3) is 0.217. The van der Waals surface area contributed by atoms with Crippen molar-refractivity contribution in [3.63, 3.8) is 0 Å². The Hall–Kier alpha value is -2.65. The van der Waals surface area contributed by atoms with Crippen molar-refractivity contribution in [1.82, 2.24) is 4.98 Å². The second-order valence-electron chi connectivity index (χ2n) is 7.07. The highest BCUT2D eigenvalue weighted by molar-refractivity contribution is 6.30. The molecule has 0 aliphatic carbocycles. The Balaban J connectivity index is 1.97. The number of halogens is 1. The van der Waals surface area contributed by atoms with E-state index in [4.69, 9.17) is 11.6 Å². The largest absolute Gasteiger partial charge is 0.478 e. The molecule has 1 N–H and O–H groups in total. The first-order valence-electron chi connectivity index (χ1n) is 9.03. The molecule has 3 nitrogen and oxygen atoms in total. The van der Waals surface area contributed by atoms with E-state index < -0.39 is 5.97 Å². The third-order valence-electron chi connectivity index (χ3n) is 4.47. The summed E-state index contributed by atoms with van der Waals surface area (Å²) in [6, 6.07) is 18.6. The van der Waals surface area contributed by atoms with Gasteiger partial charge in [0.25, 0.3) is 0 Å². The molecule has 138 valence electrons. The number of carbonyl (C=O) groups is 1. The number of benzene rings is 2. The van der Waals surface area contributed by atoms with Crippen LogP contribution in [0.25, 0.3) is 22.5 Å². The molecule has 0 bridgehead atoms. The van der Waals surface area contributed by atoms with E-state index in [9.17, 15) is 9.90 Å². The maximum atomic E-state index is 11.6. The Labute approximate surface area is 164 Å². The lowest BCUT2D eigenvalue weighted by Gasteiger charge is -2.09. The second kappa shape index (κ2) is 8.36. The van der Waals surface area contributed by atoms with Crippen molar-refractivity contribution < 1.29 is 9.90 Å². The Bertz CT molecular complexity index is 932. The first-order chi connectivity index (χ1) is 12.9. The van der Waals surface area contributed by atoms with E-state index >= 15 is 0 Å². The average molecular weight is 380 g/mol. The molecular formula is C23H22ClNO2. The van der Waals surface area contributed by atoms with Crippen LogP contribution in [0.1, 0.15) is 36.2 Å². The van der Waals surface area contributed by atoms with Crippen molar-refractivity contribution >= 4 is 17.6 Å². The van der Waals surface area contributed by atoms with Crippen LogP contribution in [0.4, 0.5) is 0 Å². The zero-order chi connectivity index (χ0) is 19.4. The van der Waals surface area contributed by atoms with Crippen molar-refractivity contribution in [2.24, 2.45) is 5.92 Å². The summed E-state index contributed by atoms with van der Waals surface area (Å²) in [4.78, 5) is 16.3. The van der Waals surface area contributed by atoms with Gasteiger partial charge in [0.1, 0.15) is 0 Å². The van der Waals surface area contributed by atoms with Gasteiger partial charge in [0.15, 0.2) is 0 Å². The Morgan fingerprint density at radius 3 is 1.96 bits per heavy atom. The second-order valence-corrected chi connectivity index (χ2v) is 7.50. The molecule has 0 fully saturated rings. The van der Waals surface area contributed by atoms with E-state index in [1.807, 2.05) is 24.3 Å².